The zero-order valence-electron chi connectivity index (χ0n) is 9.94. The lowest BCUT2D eigenvalue weighted by molar-refractivity contribution is -0.384. The summed E-state index contributed by atoms with van der Waals surface area (Å²) >= 11 is 0. The largest absolute Gasteiger partial charge is 0.480 e. The monoisotopic (exact) mass is 288 g/mol. The Kier molecular flexibility index (Phi) is 4.57. The van der Waals surface area contributed by atoms with Gasteiger partial charge in [0, 0.05) is 18.7 Å². The first-order valence-electron chi connectivity index (χ1n) is 5.18. The number of hydrogen-bond acceptors (Lipinski definition) is 5. The van der Waals surface area contributed by atoms with Crippen molar-refractivity contribution in [3.05, 3.63) is 39.9 Å². The van der Waals surface area contributed by atoms with Gasteiger partial charge in [0.05, 0.1) is 4.92 Å². The molecule has 1 aromatic carbocycles. The van der Waals surface area contributed by atoms with Crippen molar-refractivity contribution in [3.63, 3.8) is 0 Å². The first-order chi connectivity index (χ1) is 8.74. The number of aliphatic carboxylic acids is 1. The summed E-state index contributed by atoms with van der Waals surface area (Å²) in [5, 5.41) is 17.5. The van der Waals surface area contributed by atoms with Crippen LogP contribution in [0.3, 0.4) is 0 Å². The predicted molar refractivity (Wildman–Crippen MR) is 66.0 cm³/mol. The minimum absolute atomic E-state index is 0.106. The maximum absolute atomic E-state index is 11.5. The van der Waals surface area contributed by atoms with Gasteiger partial charge in [0.25, 0.3) is 5.69 Å². The molecule has 0 aliphatic carbocycles. The molecule has 19 heavy (non-hydrogen) atoms. The van der Waals surface area contributed by atoms with E-state index in [-0.39, 0.29) is 12.2 Å². The van der Waals surface area contributed by atoms with Gasteiger partial charge in [-0.25, -0.2) is 13.1 Å². The van der Waals surface area contributed by atoms with Crippen molar-refractivity contribution in [2.75, 3.05) is 0 Å². The van der Waals surface area contributed by atoms with Crippen LogP contribution in [-0.4, -0.2) is 29.7 Å². The average Bonchev–Trinajstić information content (AvgIpc) is 2.35. The molecule has 0 aliphatic heterocycles. The van der Waals surface area contributed by atoms with E-state index in [4.69, 9.17) is 5.11 Å². The number of nitrogens with one attached hydrogen (secondary N) is 1. The Hall–Kier alpha value is -2.00. The minimum atomic E-state index is -3.97. The number of carboxylic acids is 1. The maximum atomic E-state index is 11.5. The molecule has 0 spiro atoms. The second kappa shape index (κ2) is 5.76. The Morgan fingerprint density at radius 1 is 1.42 bits per heavy atom. The molecule has 0 heterocycles. The van der Waals surface area contributed by atoms with Gasteiger partial charge >= 0.3 is 5.97 Å². The predicted octanol–water partition coefficient (Wildman–Crippen LogP) is 0.487. The van der Waals surface area contributed by atoms with Crippen molar-refractivity contribution in [1.82, 2.24) is 4.72 Å². The van der Waals surface area contributed by atoms with Gasteiger partial charge in [0.1, 0.15) is 0 Å². The minimum Gasteiger partial charge on any atom is -0.480 e. The van der Waals surface area contributed by atoms with E-state index < -0.39 is 26.2 Å². The molecule has 1 atom stereocenters. The summed E-state index contributed by atoms with van der Waals surface area (Å²) in [6.07, 6.45) is 0. The molecule has 8 nitrogen and oxygen atoms in total. The van der Waals surface area contributed by atoms with Crippen LogP contribution in [0.25, 0.3) is 0 Å². The highest BCUT2D eigenvalue weighted by Crippen LogP contribution is 2.12. The van der Waals surface area contributed by atoms with Crippen LogP contribution in [0.2, 0.25) is 0 Å². The molecule has 9 heteroatoms. The number of rotatable bonds is 6. The molecule has 0 bridgehead atoms. The zero-order chi connectivity index (χ0) is 14.6. The highest BCUT2D eigenvalue weighted by atomic mass is 32.2. The van der Waals surface area contributed by atoms with Gasteiger partial charge in [-0.3, -0.25) is 14.9 Å². The van der Waals surface area contributed by atoms with E-state index in [9.17, 15) is 23.3 Å². The number of nitrogens with zero attached hydrogens (tertiary/aromatic N) is 1. The summed E-state index contributed by atoms with van der Waals surface area (Å²) in [6.45, 7) is 0.929. The average molecular weight is 288 g/mol. The molecule has 2 N–H and O–H groups in total. The SMILES string of the molecule is CC(C(=O)O)S(=O)(=O)NCc1ccc([N+](=O)[O-])cc1. The zero-order valence-corrected chi connectivity index (χ0v) is 10.8. The fourth-order valence-electron chi connectivity index (χ4n) is 1.18. The van der Waals surface area contributed by atoms with Crippen molar-refractivity contribution >= 4 is 21.7 Å². The van der Waals surface area contributed by atoms with Gasteiger partial charge in [-0.05, 0) is 12.5 Å². The molecule has 1 unspecified atom stereocenters. The first-order valence-corrected chi connectivity index (χ1v) is 6.73. The highest BCUT2D eigenvalue weighted by Gasteiger charge is 2.26. The second-order valence-corrected chi connectivity index (χ2v) is 5.86. The number of nitro groups is 1. The lowest BCUT2D eigenvalue weighted by atomic mass is 10.2. The number of sulfonamides is 1. The number of carboxylic acid groups (broad SMARTS) is 1. The Bertz CT molecular complexity index is 581. The molecule has 0 saturated heterocycles. The van der Waals surface area contributed by atoms with E-state index >= 15 is 0 Å². The van der Waals surface area contributed by atoms with Gasteiger partial charge in [0.2, 0.25) is 10.0 Å². The third-order valence-corrected chi connectivity index (χ3v) is 4.12. The smallest absolute Gasteiger partial charge is 0.323 e. The quantitative estimate of drug-likeness (QED) is 0.579. The van der Waals surface area contributed by atoms with Crippen molar-refractivity contribution in [2.24, 2.45) is 0 Å². The molecule has 0 fully saturated rings. The number of carbonyl (C=O) groups is 1. The van der Waals surface area contributed by atoms with Crippen LogP contribution in [0, 0.1) is 10.1 Å². The maximum Gasteiger partial charge on any atom is 0.323 e. The van der Waals surface area contributed by atoms with Crippen LogP contribution >= 0.6 is 0 Å². The normalized spacial score (nSPS) is 12.9. The second-order valence-electron chi connectivity index (χ2n) is 3.77. The summed E-state index contributed by atoms with van der Waals surface area (Å²) in [6, 6.07) is 5.27. The fourth-order valence-corrected chi connectivity index (χ4v) is 2.06. The highest BCUT2D eigenvalue weighted by molar-refractivity contribution is 7.90. The Labute approximate surface area is 109 Å². The first kappa shape index (κ1) is 15.1. The molecule has 0 aromatic heterocycles. The fraction of sp³-hybridized carbons (Fsp3) is 0.300. The van der Waals surface area contributed by atoms with Gasteiger partial charge < -0.3 is 5.11 Å². The summed E-state index contributed by atoms with van der Waals surface area (Å²) in [5.74, 6) is -1.45. The third-order valence-electron chi connectivity index (χ3n) is 2.44. The van der Waals surface area contributed by atoms with E-state index in [1.807, 2.05) is 0 Å². The lowest BCUT2D eigenvalue weighted by Crippen LogP contribution is -2.37. The van der Waals surface area contributed by atoms with Crippen LogP contribution in [0.4, 0.5) is 5.69 Å². The topological polar surface area (TPSA) is 127 Å². The molecule has 0 radical (unpaired) electrons. The van der Waals surface area contributed by atoms with Crippen LogP contribution in [0.1, 0.15) is 12.5 Å². The molecule has 0 aliphatic rings. The standard InChI is InChI=1S/C10H12N2O6S/c1-7(10(13)14)19(17,18)11-6-8-2-4-9(5-3-8)12(15)16/h2-5,7,11H,6H2,1H3,(H,13,14). The summed E-state index contributed by atoms with van der Waals surface area (Å²) < 4.78 is 25.2. The van der Waals surface area contributed by atoms with E-state index in [0.29, 0.717) is 5.56 Å². The van der Waals surface area contributed by atoms with Gasteiger partial charge in [-0.15, -0.1) is 0 Å². The molecular formula is C10H12N2O6S. The van der Waals surface area contributed by atoms with E-state index in [1.165, 1.54) is 24.3 Å². The third kappa shape index (κ3) is 4.00. The number of nitro benzene ring substituents is 1. The van der Waals surface area contributed by atoms with Crippen molar-refractivity contribution in [1.29, 1.82) is 0 Å². The van der Waals surface area contributed by atoms with Gasteiger partial charge in [-0.1, -0.05) is 12.1 Å². The van der Waals surface area contributed by atoms with Gasteiger partial charge in [0.15, 0.2) is 5.25 Å². The van der Waals surface area contributed by atoms with Crippen LogP contribution < -0.4 is 4.72 Å². The van der Waals surface area contributed by atoms with Crippen molar-refractivity contribution in [2.45, 2.75) is 18.7 Å². The summed E-state index contributed by atoms with van der Waals surface area (Å²) in [4.78, 5) is 20.4. The van der Waals surface area contributed by atoms with Crippen molar-refractivity contribution in [3.8, 4) is 0 Å². The molecule has 1 rings (SSSR count). The van der Waals surface area contributed by atoms with Gasteiger partial charge in [-0.2, -0.15) is 0 Å². The summed E-state index contributed by atoms with van der Waals surface area (Å²) in [7, 11) is -3.97. The number of non-ortho nitro benzene ring substituents is 1. The Balaban J connectivity index is 2.72. The van der Waals surface area contributed by atoms with Crippen LogP contribution in [0.15, 0.2) is 24.3 Å². The van der Waals surface area contributed by atoms with Crippen LogP contribution in [0.5, 0.6) is 0 Å². The van der Waals surface area contributed by atoms with E-state index in [1.54, 1.807) is 0 Å². The number of benzene rings is 1. The van der Waals surface area contributed by atoms with Crippen LogP contribution in [-0.2, 0) is 21.4 Å². The number of hydrogen-bond donors (Lipinski definition) is 2. The molecular weight excluding hydrogens is 276 g/mol. The Morgan fingerprint density at radius 3 is 2.37 bits per heavy atom. The van der Waals surface area contributed by atoms with E-state index in [0.717, 1.165) is 6.92 Å². The van der Waals surface area contributed by atoms with E-state index in [2.05, 4.69) is 4.72 Å². The lowest BCUT2D eigenvalue weighted by Gasteiger charge is -2.09. The molecule has 0 amide bonds. The molecule has 104 valence electrons. The summed E-state index contributed by atoms with van der Waals surface area (Å²) in [5.41, 5.74) is 0.386. The Morgan fingerprint density at radius 2 is 1.95 bits per heavy atom. The molecule has 1 aromatic rings. The van der Waals surface area contributed by atoms with Crippen molar-refractivity contribution < 1.29 is 23.2 Å². The molecule has 0 saturated carbocycles.